The highest BCUT2D eigenvalue weighted by Gasteiger charge is 2.55. The summed E-state index contributed by atoms with van der Waals surface area (Å²) in [5, 5.41) is 8.07. The third kappa shape index (κ3) is 3.44. The lowest BCUT2D eigenvalue weighted by atomic mass is 9.57. The fraction of sp³-hybridized carbons (Fsp3) is 0.882. The van der Waals surface area contributed by atoms with Crippen LogP contribution in [0.4, 0.5) is 0 Å². The standard InChI is InChI=1S/C17H30N4O2/c1-4-23-15-9-14(17(15)5-7-22-8-6-17)18-10-16-19-12-20-21(16)11-13(2)3/h12-15,18H,4-11H2,1-3H3. The average Bonchev–Trinajstić information content (AvgIpc) is 2.97. The van der Waals surface area contributed by atoms with Crippen molar-refractivity contribution >= 4 is 0 Å². The van der Waals surface area contributed by atoms with Crippen molar-refractivity contribution in [3.63, 3.8) is 0 Å². The molecule has 3 rings (SSSR count). The molecule has 1 aliphatic heterocycles. The highest BCUT2D eigenvalue weighted by molar-refractivity contribution is 5.09. The second kappa shape index (κ2) is 7.28. The summed E-state index contributed by atoms with van der Waals surface area (Å²) >= 11 is 0. The maximum absolute atomic E-state index is 5.99. The predicted molar refractivity (Wildman–Crippen MR) is 88.0 cm³/mol. The molecule has 2 atom stereocenters. The van der Waals surface area contributed by atoms with Crippen molar-refractivity contribution in [1.29, 1.82) is 0 Å². The summed E-state index contributed by atoms with van der Waals surface area (Å²) in [6, 6.07) is 0.493. The first kappa shape index (κ1) is 16.9. The van der Waals surface area contributed by atoms with Crippen molar-refractivity contribution in [3.05, 3.63) is 12.2 Å². The van der Waals surface area contributed by atoms with Crippen LogP contribution >= 0.6 is 0 Å². The highest BCUT2D eigenvalue weighted by atomic mass is 16.5. The molecule has 130 valence electrons. The van der Waals surface area contributed by atoms with E-state index in [-0.39, 0.29) is 5.41 Å². The smallest absolute Gasteiger partial charge is 0.140 e. The van der Waals surface area contributed by atoms with E-state index in [9.17, 15) is 0 Å². The molecule has 0 bridgehead atoms. The van der Waals surface area contributed by atoms with Crippen LogP contribution in [0.5, 0.6) is 0 Å². The van der Waals surface area contributed by atoms with Gasteiger partial charge in [-0.2, -0.15) is 5.10 Å². The van der Waals surface area contributed by atoms with Crippen LogP contribution in [0.3, 0.4) is 0 Å². The van der Waals surface area contributed by atoms with Crippen LogP contribution in [-0.2, 0) is 22.6 Å². The Morgan fingerprint density at radius 1 is 1.43 bits per heavy atom. The third-order valence-corrected chi connectivity index (χ3v) is 5.32. The lowest BCUT2D eigenvalue weighted by Gasteiger charge is -2.57. The largest absolute Gasteiger partial charge is 0.381 e. The van der Waals surface area contributed by atoms with Gasteiger partial charge in [-0.15, -0.1) is 0 Å². The monoisotopic (exact) mass is 322 g/mol. The van der Waals surface area contributed by atoms with Gasteiger partial charge in [-0.05, 0) is 32.1 Å². The summed E-state index contributed by atoms with van der Waals surface area (Å²) in [5.74, 6) is 1.60. The average molecular weight is 322 g/mol. The molecule has 1 aromatic rings. The van der Waals surface area contributed by atoms with E-state index in [2.05, 4.69) is 36.2 Å². The van der Waals surface area contributed by atoms with Gasteiger partial charge in [0.1, 0.15) is 12.2 Å². The SMILES string of the molecule is CCOC1CC(NCc2ncnn2CC(C)C)C12CCOCC2. The minimum absolute atomic E-state index is 0.247. The molecule has 6 heteroatoms. The zero-order valence-electron chi connectivity index (χ0n) is 14.6. The van der Waals surface area contributed by atoms with Crippen molar-refractivity contribution in [2.75, 3.05) is 19.8 Å². The van der Waals surface area contributed by atoms with E-state index in [4.69, 9.17) is 9.47 Å². The van der Waals surface area contributed by atoms with E-state index >= 15 is 0 Å². The number of hydrogen-bond donors (Lipinski definition) is 1. The third-order valence-electron chi connectivity index (χ3n) is 5.32. The first-order valence-corrected chi connectivity index (χ1v) is 8.95. The second-order valence-electron chi connectivity index (χ2n) is 7.21. The van der Waals surface area contributed by atoms with Gasteiger partial charge in [-0.3, -0.25) is 0 Å². The zero-order chi connectivity index (χ0) is 16.3. The fourth-order valence-corrected chi connectivity index (χ4v) is 4.03. The summed E-state index contributed by atoms with van der Waals surface area (Å²) in [5.41, 5.74) is 0.247. The van der Waals surface area contributed by atoms with Crippen molar-refractivity contribution in [2.45, 2.75) is 65.3 Å². The van der Waals surface area contributed by atoms with Crippen molar-refractivity contribution in [1.82, 2.24) is 20.1 Å². The molecule has 2 aliphatic rings. The lowest BCUT2D eigenvalue weighted by molar-refractivity contribution is -0.173. The van der Waals surface area contributed by atoms with Gasteiger partial charge < -0.3 is 14.8 Å². The molecular formula is C17H30N4O2. The molecule has 1 saturated carbocycles. The topological polar surface area (TPSA) is 61.2 Å². The summed E-state index contributed by atoms with van der Waals surface area (Å²) in [6.07, 6.45) is 5.31. The number of ether oxygens (including phenoxy) is 2. The van der Waals surface area contributed by atoms with E-state index in [0.29, 0.717) is 18.1 Å². The molecule has 1 spiro atoms. The van der Waals surface area contributed by atoms with Crippen LogP contribution in [-0.4, -0.2) is 46.7 Å². The number of hydrogen-bond acceptors (Lipinski definition) is 5. The van der Waals surface area contributed by atoms with Crippen LogP contribution < -0.4 is 5.32 Å². The van der Waals surface area contributed by atoms with Crippen molar-refractivity contribution in [2.24, 2.45) is 11.3 Å². The molecule has 2 fully saturated rings. The van der Waals surface area contributed by atoms with Gasteiger partial charge in [0, 0.05) is 37.8 Å². The zero-order valence-corrected chi connectivity index (χ0v) is 14.6. The first-order valence-electron chi connectivity index (χ1n) is 8.95. The van der Waals surface area contributed by atoms with Gasteiger partial charge in [0.25, 0.3) is 0 Å². The maximum Gasteiger partial charge on any atom is 0.140 e. The molecule has 2 heterocycles. The van der Waals surface area contributed by atoms with Gasteiger partial charge in [0.15, 0.2) is 0 Å². The Hall–Kier alpha value is -0.980. The lowest BCUT2D eigenvalue weighted by Crippen LogP contribution is -2.65. The van der Waals surface area contributed by atoms with E-state index in [1.165, 1.54) is 0 Å². The summed E-state index contributed by atoms with van der Waals surface area (Å²) in [6.45, 7) is 10.7. The van der Waals surface area contributed by atoms with Gasteiger partial charge in [0.2, 0.25) is 0 Å². The molecule has 1 aromatic heterocycles. The van der Waals surface area contributed by atoms with Gasteiger partial charge >= 0.3 is 0 Å². The van der Waals surface area contributed by atoms with Crippen LogP contribution in [0.25, 0.3) is 0 Å². The number of nitrogens with zero attached hydrogens (tertiary/aromatic N) is 3. The van der Waals surface area contributed by atoms with E-state index < -0.39 is 0 Å². The molecule has 23 heavy (non-hydrogen) atoms. The second-order valence-corrected chi connectivity index (χ2v) is 7.21. The van der Waals surface area contributed by atoms with E-state index in [1.54, 1.807) is 6.33 Å². The minimum Gasteiger partial charge on any atom is -0.381 e. The molecule has 2 unspecified atom stereocenters. The van der Waals surface area contributed by atoms with Gasteiger partial charge in [0.05, 0.1) is 12.6 Å². The summed E-state index contributed by atoms with van der Waals surface area (Å²) < 4.78 is 13.6. The Labute approximate surface area is 138 Å². The summed E-state index contributed by atoms with van der Waals surface area (Å²) in [7, 11) is 0. The number of nitrogens with one attached hydrogen (secondary N) is 1. The summed E-state index contributed by atoms with van der Waals surface area (Å²) in [4.78, 5) is 4.42. The van der Waals surface area contributed by atoms with Crippen molar-refractivity contribution < 1.29 is 9.47 Å². The van der Waals surface area contributed by atoms with E-state index in [0.717, 1.165) is 58.0 Å². The molecule has 0 radical (unpaired) electrons. The number of rotatable bonds is 7. The van der Waals surface area contributed by atoms with Crippen LogP contribution in [0, 0.1) is 11.3 Å². The predicted octanol–water partition coefficient (Wildman–Crippen LogP) is 2.00. The number of aromatic nitrogens is 3. The van der Waals surface area contributed by atoms with Crippen LogP contribution in [0.15, 0.2) is 6.33 Å². The van der Waals surface area contributed by atoms with Gasteiger partial charge in [-0.1, -0.05) is 13.8 Å². The van der Waals surface area contributed by atoms with Crippen LogP contribution in [0.2, 0.25) is 0 Å². The van der Waals surface area contributed by atoms with Gasteiger partial charge in [-0.25, -0.2) is 9.67 Å². The molecule has 1 saturated heterocycles. The van der Waals surface area contributed by atoms with Crippen LogP contribution in [0.1, 0.15) is 45.9 Å². The maximum atomic E-state index is 5.99. The molecule has 1 aliphatic carbocycles. The Bertz CT molecular complexity index is 497. The Kier molecular flexibility index (Phi) is 5.34. The quantitative estimate of drug-likeness (QED) is 0.832. The van der Waals surface area contributed by atoms with Crippen molar-refractivity contribution in [3.8, 4) is 0 Å². The molecule has 6 nitrogen and oxygen atoms in total. The molecular weight excluding hydrogens is 292 g/mol. The molecule has 0 aromatic carbocycles. The molecule has 0 amide bonds. The first-order chi connectivity index (χ1) is 11.2. The normalized spacial score (nSPS) is 26.6. The Balaban J connectivity index is 1.60. The minimum atomic E-state index is 0.247. The molecule has 1 N–H and O–H groups in total. The highest BCUT2D eigenvalue weighted by Crippen LogP contribution is 2.50. The van der Waals surface area contributed by atoms with E-state index in [1.807, 2.05) is 4.68 Å². The Morgan fingerprint density at radius 2 is 2.22 bits per heavy atom. The Morgan fingerprint density at radius 3 is 2.91 bits per heavy atom. The fourth-order valence-electron chi connectivity index (χ4n) is 4.03.